The van der Waals surface area contributed by atoms with Crippen molar-refractivity contribution in [2.75, 3.05) is 6.67 Å². The summed E-state index contributed by atoms with van der Waals surface area (Å²) >= 11 is 0. The Morgan fingerprint density at radius 1 is 1.33 bits per heavy atom. The van der Waals surface area contributed by atoms with Gasteiger partial charge in [-0.2, -0.15) is 0 Å². The van der Waals surface area contributed by atoms with Crippen LogP contribution < -0.4 is 11.1 Å². The molecule has 0 aliphatic carbocycles. The van der Waals surface area contributed by atoms with Crippen LogP contribution in [0.1, 0.15) is 36.7 Å². The second kappa shape index (κ2) is 4.45. The van der Waals surface area contributed by atoms with Crippen LogP contribution in [0.5, 0.6) is 0 Å². The summed E-state index contributed by atoms with van der Waals surface area (Å²) in [5.74, 6) is -0.108. The van der Waals surface area contributed by atoms with Crippen LogP contribution in [0.25, 0.3) is 0 Å². The predicted octanol–water partition coefficient (Wildman–Crippen LogP) is 1.63. The molecule has 0 radical (unpaired) electrons. The standard InChI is InChI=1S/C12H18N2O/c1-12(2,3)10-7-5-4-6-9(10)11(15)14-8-13/h4-7H,8,13H2,1-3H3,(H,14,15). The highest BCUT2D eigenvalue weighted by atomic mass is 16.1. The maximum absolute atomic E-state index is 11.7. The van der Waals surface area contributed by atoms with E-state index in [4.69, 9.17) is 5.73 Å². The fourth-order valence-corrected chi connectivity index (χ4v) is 1.52. The van der Waals surface area contributed by atoms with Crippen molar-refractivity contribution in [3.63, 3.8) is 0 Å². The summed E-state index contributed by atoms with van der Waals surface area (Å²) in [7, 11) is 0. The van der Waals surface area contributed by atoms with Crippen LogP contribution in [-0.2, 0) is 5.41 Å². The van der Waals surface area contributed by atoms with Gasteiger partial charge in [0.1, 0.15) is 0 Å². The fraction of sp³-hybridized carbons (Fsp3) is 0.417. The lowest BCUT2D eigenvalue weighted by Crippen LogP contribution is -2.31. The van der Waals surface area contributed by atoms with Crippen LogP contribution in [-0.4, -0.2) is 12.6 Å². The fourth-order valence-electron chi connectivity index (χ4n) is 1.52. The molecule has 3 heteroatoms. The van der Waals surface area contributed by atoms with Crippen LogP contribution in [0.15, 0.2) is 24.3 Å². The summed E-state index contributed by atoms with van der Waals surface area (Å²) in [6.07, 6.45) is 0. The number of hydrogen-bond acceptors (Lipinski definition) is 2. The summed E-state index contributed by atoms with van der Waals surface area (Å²) in [4.78, 5) is 11.7. The van der Waals surface area contributed by atoms with Crippen LogP contribution in [0.4, 0.5) is 0 Å². The van der Waals surface area contributed by atoms with Gasteiger partial charge in [0.25, 0.3) is 5.91 Å². The molecule has 1 aromatic carbocycles. The lowest BCUT2D eigenvalue weighted by molar-refractivity contribution is 0.0952. The van der Waals surface area contributed by atoms with Crippen LogP contribution in [0, 0.1) is 0 Å². The monoisotopic (exact) mass is 206 g/mol. The van der Waals surface area contributed by atoms with Gasteiger partial charge >= 0.3 is 0 Å². The molecule has 0 unspecified atom stereocenters. The van der Waals surface area contributed by atoms with Gasteiger partial charge in [-0.3, -0.25) is 4.79 Å². The molecule has 3 N–H and O–H groups in total. The van der Waals surface area contributed by atoms with Gasteiger partial charge in [0.15, 0.2) is 0 Å². The number of carbonyl (C=O) groups is 1. The van der Waals surface area contributed by atoms with Crippen molar-refractivity contribution >= 4 is 5.91 Å². The molecule has 0 fully saturated rings. The van der Waals surface area contributed by atoms with Crippen molar-refractivity contribution < 1.29 is 4.79 Å². The molecule has 0 aliphatic heterocycles. The van der Waals surface area contributed by atoms with Gasteiger partial charge in [-0.05, 0) is 17.0 Å². The highest BCUT2D eigenvalue weighted by Crippen LogP contribution is 2.25. The maximum Gasteiger partial charge on any atom is 0.252 e. The van der Waals surface area contributed by atoms with E-state index >= 15 is 0 Å². The first kappa shape index (κ1) is 11.7. The highest BCUT2D eigenvalue weighted by Gasteiger charge is 2.20. The van der Waals surface area contributed by atoms with Crippen molar-refractivity contribution in [3.8, 4) is 0 Å². The number of benzene rings is 1. The smallest absolute Gasteiger partial charge is 0.252 e. The summed E-state index contributed by atoms with van der Waals surface area (Å²) in [5.41, 5.74) is 7.00. The Bertz CT molecular complexity index is 353. The summed E-state index contributed by atoms with van der Waals surface area (Å²) in [6.45, 7) is 6.42. The van der Waals surface area contributed by atoms with E-state index < -0.39 is 0 Å². The Morgan fingerprint density at radius 2 is 1.93 bits per heavy atom. The molecule has 1 amide bonds. The van der Waals surface area contributed by atoms with Crippen molar-refractivity contribution in [3.05, 3.63) is 35.4 Å². The van der Waals surface area contributed by atoms with Gasteiger partial charge in [-0.25, -0.2) is 0 Å². The predicted molar refractivity (Wildman–Crippen MR) is 61.7 cm³/mol. The Kier molecular flexibility index (Phi) is 3.48. The average Bonchev–Trinajstić information content (AvgIpc) is 2.17. The molecule has 0 saturated heterocycles. The van der Waals surface area contributed by atoms with Crippen LogP contribution in [0.2, 0.25) is 0 Å². The minimum atomic E-state index is -0.108. The Labute approximate surface area is 90.7 Å². The summed E-state index contributed by atoms with van der Waals surface area (Å²) in [5, 5.41) is 2.61. The zero-order valence-electron chi connectivity index (χ0n) is 9.50. The lowest BCUT2D eigenvalue weighted by Gasteiger charge is -2.22. The Hall–Kier alpha value is -1.35. The zero-order valence-corrected chi connectivity index (χ0v) is 9.50. The third kappa shape index (κ3) is 2.80. The van der Waals surface area contributed by atoms with E-state index in [1.807, 2.05) is 24.3 Å². The molecule has 0 saturated carbocycles. The van der Waals surface area contributed by atoms with E-state index in [1.165, 1.54) is 0 Å². The number of hydrogen-bond donors (Lipinski definition) is 2. The minimum absolute atomic E-state index is 0.0392. The molecule has 15 heavy (non-hydrogen) atoms. The van der Waals surface area contributed by atoms with Crippen LogP contribution in [0.3, 0.4) is 0 Å². The van der Waals surface area contributed by atoms with E-state index in [2.05, 4.69) is 26.1 Å². The summed E-state index contributed by atoms with van der Waals surface area (Å²) < 4.78 is 0. The van der Waals surface area contributed by atoms with Gasteiger partial charge in [-0.1, -0.05) is 39.0 Å². The molecule has 3 nitrogen and oxygen atoms in total. The molecular weight excluding hydrogens is 188 g/mol. The lowest BCUT2D eigenvalue weighted by atomic mass is 9.83. The van der Waals surface area contributed by atoms with E-state index in [-0.39, 0.29) is 18.0 Å². The Balaban J connectivity index is 3.12. The molecule has 82 valence electrons. The number of nitrogens with two attached hydrogens (primary N) is 1. The van der Waals surface area contributed by atoms with Crippen molar-refractivity contribution in [1.29, 1.82) is 0 Å². The third-order valence-electron chi connectivity index (χ3n) is 2.24. The first-order chi connectivity index (χ1) is 6.96. The van der Waals surface area contributed by atoms with E-state index in [9.17, 15) is 4.79 Å². The van der Waals surface area contributed by atoms with Crippen molar-refractivity contribution in [2.45, 2.75) is 26.2 Å². The zero-order chi connectivity index (χ0) is 11.5. The first-order valence-electron chi connectivity index (χ1n) is 5.04. The van der Waals surface area contributed by atoms with E-state index in [1.54, 1.807) is 0 Å². The second-order valence-corrected chi connectivity index (χ2v) is 4.51. The number of amides is 1. The summed E-state index contributed by atoms with van der Waals surface area (Å²) in [6, 6.07) is 7.61. The second-order valence-electron chi connectivity index (χ2n) is 4.51. The number of carbonyl (C=O) groups excluding carboxylic acids is 1. The van der Waals surface area contributed by atoms with Crippen molar-refractivity contribution in [1.82, 2.24) is 5.32 Å². The molecule has 0 heterocycles. The van der Waals surface area contributed by atoms with Gasteiger partial charge in [0.2, 0.25) is 0 Å². The van der Waals surface area contributed by atoms with Gasteiger partial charge in [0.05, 0.1) is 6.67 Å². The molecule has 1 rings (SSSR count). The highest BCUT2D eigenvalue weighted by molar-refractivity contribution is 5.95. The maximum atomic E-state index is 11.7. The number of nitrogens with one attached hydrogen (secondary N) is 1. The molecule has 0 aromatic heterocycles. The molecular formula is C12H18N2O. The minimum Gasteiger partial charge on any atom is -0.340 e. The number of rotatable bonds is 2. The molecule has 0 bridgehead atoms. The van der Waals surface area contributed by atoms with E-state index in [0.717, 1.165) is 5.56 Å². The third-order valence-corrected chi connectivity index (χ3v) is 2.24. The SMILES string of the molecule is CC(C)(C)c1ccccc1C(=O)NCN. The van der Waals surface area contributed by atoms with Crippen molar-refractivity contribution in [2.24, 2.45) is 5.73 Å². The van der Waals surface area contributed by atoms with E-state index in [0.29, 0.717) is 5.56 Å². The topological polar surface area (TPSA) is 55.1 Å². The normalized spacial score (nSPS) is 11.2. The van der Waals surface area contributed by atoms with Gasteiger partial charge < -0.3 is 11.1 Å². The quantitative estimate of drug-likeness (QED) is 0.723. The van der Waals surface area contributed by atoms with Gasteiger partial charge in [0, 0.05) is 5.56 Å². The largest absolute Gasteiger partial charge is 0.340 e. The van der Waals surface area contributed by atoms with Crippen LogP contribution >= 0.6 is 0 Å². The Morgan fingerprint density at radius 3 is 2.47 bits per heavy atom. The van der Waals surface area contributed by atoms with Gasteiger partial charge in [-0.15, -0.1) is 0 Å². The molecule has 1 aromatic rings. The molecule has 0 spiro atoms. The average molecular weight is 206 g/mol. The first-order valence-corrected chi connectivity index (χ1v) is 5.04. The molecule has 0 atom stereocenters. The molecule has 0 aliphatic rings.